The molecule has 1 N–H and O–H groups in total. The Balaban J connectivity index is 1.39. The second-order valence-electron chi connectivity index (χ2n) is 7.37. The van der Waals surface area contributed by atoms with Gasteiger partial charge in [-0.2, -0.15) is 0 Å². The fourth-order valence-corrected chi connectivity index (χ4v) is 3.80. The Morgan fingerprint density at radius 2 is 2.00 bits per heavy atom. The summed E-state index contributed by atoms with van der Waals surface area (Å²) in [7, 11) is 1.79. The molecular formula is C22H25N3O3. The number of hydrogen-bond acceptors (Lipinski definition) is 4. The van der Waals surface area contributed by atoms with Crippen LogP contribution in [0.5, 0.6) is 0 Å². The van der Waals surface area contributed by atoms with Gasteiger partial charge >= 0.3 is 0 Å². The number of fused-ring (bicyclic) bond motifs is 1. The van der Waals surface area contributed by atoms with Gasteiger partial charge in [0.05, 0.1) is 6.61 Å². The van der Waals surface area contributed by atoms with Crippen molar-refractivity contribution in [2.45, 2.75) is 25.5 Å². The van der Waals surface area contributed by atoms with E-state index in [1.165, 1.54) is 5.56 Å². The highest BCUT2D eigenvalue weighted by Gasteiger charge is 2.27. The van der Waals surface area contributed by atoms with Crippen molar-refractivity contribution in [2.75, 3.05) is 37.0 Å². The minimum Gasteiger partial charge on any atom is -0.366 e. The van der Waals surface area contributed by atoms with Crippen LogP contribution in [0.3, 0.4) is 0 Å². The summed E-state index contributed by atoms with van der Waals surface area (Å²) in [6.07, 6.45) is 0.714. The predicted octanol–water partition coefficient (Wildman–Crippen LogP) is 2.44. The van der Waals surface area contributed by atoms with Crippen LogP contribution in [0.15, 0.2) is 48.5 Å². The summed E-state index contributed by atoms with van der Waals surface area (Å²) in [6, 6.07) is 16.0. The van der Waals surface area contributed by atoms with Crippen LogP contribution in [-0.4, -0.2) is 49.6 Å². The molecule has 2 aliphatic rings. The van der Waals surface area contributed by atoms with Crippen LogP contribution in [0.1, 0.15) is 17.5 Å². The molecule has 0 spiro atoms. The van der Waals surface area contributed by atoms with E-state index in [1.807, 2.05) is 36.4 Å². The predicted molar refractivity (Wildman–Crippen MR) is 108 cm³/mol. The van der Waals surface area contributed by atoms with Gasteiger partial charge in [0.15, 0.2) is 0 Å². The minimum atomic E-state index is -0.488. The van der Waals surface area contributed by atoms with E-state index >= 15 is 0 Å². The number of carbonyl (C=O) groups is 2. The number of hydrogen-bond donors (Lipinski definition) is 1. The number of anilines is 2. The number of aryl methyl sites for hydroxylation is 1. The quantitative estimate of drug-likeness (QED) is 0.886. The van der Waals surface area contributed by atoms with E-state index in [0.717, 1.165) is 30.0 Å². The van der Waals surface area contributed by atoms with Crippen molar-refractivity contribution in [3.8, 4) is 0 Å². The minimum absolute atomic E-state index is 0.124. The maximum atomic E-state index is 12.7. The molecule has 2 heterocycles. The largest absolute Gasteiger partial charge is 0.366 e. The highest BCUT2D eigenvalue weighted by atomic mass is 16.5. The summed E-state index contributed by atoms with van der Waals surface area (Å²) in [6.45, 7) is 2.75. The SMILES string of the molecule is CN1C(=O)CCc2cc(NC(=O)C3CN(Cc4ccccc4)CCO3)ccc21. The number of ether oxygens (including phenoxy) is 1. The Bertz CT molecular complexity index is 869. The fraction of sp³-hybridized carbons (Fsp3) is 0.364. The molecule has 0 radical (unpaired) electrons. The second kappa shape index (κ2) is 8.12. The van der Waals surface area contributed by atoms with E-state index in [2.05, 4.69) is 22.3 Å². The average molecular weight is 379 g/mol. The molecule has 2 aromatic carbocycles. The monoisotopic (exact) mass is 379 g/mol. The highest BCUT2D eigenvalue weighted by molar-refractivity contribution is 5.98. The summed E-state index contributed by atoms with van der Waals surface area (Å²) in [5.41, 5.74) is 3.97. The Kier molecular flexibility index (Phi) is 5.41. The molecular weight excluding hydrogens is 354 g/mol. The molecule has 1 fully saturated rings. The molecule has 6 heteroatoms. The van der Waals surface area contributed by atoms with Gasteiger partial charge in [-0.25, -0.2) is 0 Å². The lowest BCUT2D eigenvalue weighted by atomic mass is 10.0. The fourth-order valence-electron chi connectivity index (χ4n) is 3.80. The first kappa shape index (κ1) is 18.7. The van der Waals surface area contributed by atoms with Crippen LogP contribution in [0, 0.1) is 0 Å². The van der Waals surface area contributed by atoms with E-state index < -0.39 is 6.10 Å². The first-order valence-corrected chi connectivity index (χ1v) is 9.68. The topological polar surface area (TPSA) is 61.9 Å². The molecule has 146 valence electrons. The normalized spacial score (nSPS) is 20.0. The molecule has 2 amide bonds. The third kappa shape index (κ3) is 4.08. The molecule has 28 heavy (non-hydrogen) atoms. The molecule has 1 atom stereocenters. The van der Waals surface area contributed by atoms with Crippen molar-refractivity contribution in [3.63, 3.8) is 0 Å². The van der Waals surface area contributed by atoms with E-state index in [4.69, 9.17) is 4.74 Å². The van der Waals surface area contributed by atoms with Crippen LogP contribution >= 0.6 is 0 Å². The number of amides is 2. The van der Waals surface area contributed by atoms with Gasteiger partial charge in [0.1, 0.15) is 6.10 Å². The molecule has 0 aliphatic carbocycles. The maximum absolute atomic E-state index is 12.7. The molecule has 0 bridgehead atoms. The lowest BCUT2D eigenvalue weighted by Crippen LogP contribution is -2.47. The van der Waals surface area contributed by atoms with Crippen LogP contribution in [0.4, 0.5) is 11.4 Å². The summed E-state index contributed by atoms with van der Waals surface area (Å²) in [5, 5.41) is 2.98. The van der Waals surface area contributed by atoms with Crippen LogP contribution in [0.25, 0.3) is 0 Å². The van der Waals surface area contributed by atoms with Gasteiger partial charge in [-0.05, 0) is 35.7 Å². The molecule has 2 aromatic rings. The number of nitrogens with one attached hydrogen (secondary N) is 1. The zero-order valence-corrected chi connectivity index (χ0v) is 16.1. The molecule has 6 nitrogen and oxygen atoms in total. The highest BCUT2D eigenvalue weighted by Crippen LogP contribution is 2.29. The van der Waals surface area contributed by atoms with E-state index in [9.17, 15) is 9.59 Å². The average Bonchev–Trinajstić information content (AvgIpc) is 2.72. The smallest absolute Gasteiger partial charge is 0.254 e. The number of nitrogens with zero attached hydrogens (tertiary/aromatic N) is 2. The van der Waals surface area contributed by atoms with Gasteiger partial charge < -0.3 is 15.0 Å². The molecule has 0 saturated carbocycles. The van der Waals surface area contributed by atoms with Gasteiger partial charge in [0.25, 0.3) is 5.91 Å². The number of benzene rings is 2. The van der Waals surface area contributed by atoms with Crippen molar-refractivity contribution in [2.24, 2.45) is 0 Å². The van der Waals surface area contributed by atoms with Crippen molar-refractivity contribution in [1.82, 2.24) is 4.90 Å². The van der Waals surface area contributed by atoms with E-state index in [-0.39, 0.29) is 11.8 Å². The summed E-state index contributed by atoms with van der Waals surface area (Å²) >= 11 is 0. The third-order valence-electron chi connectivity index (χ3n) is 5.38. The van der Waals surface area contributed by atoms with Crippen molar-refractivity contribution < 1.29 is 14.3 Å². The van der Waals surface area contributed by atoms with Gasteiger partial charge in [-0.1, -0.05) is 30.3 Å². The molecule has 1 saturated heterocycles. The lowest BCUT2D eigenvalue weighted by Gasteiger charge is -2.32. The zero-order valence-electron chi connectivity index (χ0n) is 16.1. The van der Waals surface area contributed by atoms with Gasteiger partial charge in [0, 0.05) is 44.5 Å². The van der Waals surface area contributed by atoms with Gasteiger partial charge in [-0.3, -0.25) is 14.5 Å². The van der Waals surface area contributed by atoms with E-state index in [0.29, 0.717) is 26.0 Å². The Morgan fingerprint density at radius 3 is 2.82 bits per heavy atom. The second-order valence-corrected chi connectivity index (χ2v) is 7.37. The molecule has 4 rings (SSSR count). The standard InChI is InChI=1S/C22H25N3O3/c1-24-19-9-8-18(13-17(19)7-10-21(24)26)23-22(27)20-15-25(11-12-28-20)14-16-5-3-2-4-6-16/h2-6,8-9,13,20H,7,10-12,14-15H2,1H3,(H,23,27). The zero-order chi connectivity index (χ0) is 19.5. The summed E-state index contributed by atoms with van der Waals surface area (Å²) in [4.78, 5) is 28.5. The summed E-state index contributed by atoms with van der Waals surface area (Å²) in [5.74, 6) is -0.00338. The van der Waals surface area contributed by atoms with Crippen LogP contribution in [0.2, 0.25) is 0 Å². The van der Waals surface area contributed by atoms with Crippen LogP contribution in [-0.2, 0) is 27.3 Å². The van der Waals surface area contributed by atoms with Crippen molar-refractivity contribution >= 4 is 23.2 Å². The lowest BCUT2D eigenvalue weighted by molar-refractivity contribution is -0.133. The van der Waals surface area contributed by atoms with Crippen LogP contribution < -0.4 is 10.2 Å². The Labute approximate surface area is 165 Å². The Hall–Kier alpha value is -2.70. The molecule has 2 aliphatic heterocycles. The van der Waals surface area contributed by atoms with E-state index in [1.54, 1.807) is 11.9 Å². The number of rotatable bonds is 4. The first-order chi connectivity index (χ1) is 13.6. The van der Waals surface area contributed by atoms with Crippen molar-refractivity contribution in [3.05, 3.63) is 59.7 Å². The van der Waals surface area contributed by atoms with Crippen molar-refractivity contribution in [1.29, 1.82) is 0 Å². The Morgan fingerprint density at radius 1 is 1.18 bits per heavy atom. The number of morpholine rings is 1. The third-order valence-corrected chi connectivity index (χ3v) is 5.38. The first-order valence-electron chi connectivity index (χ1n) is 9.68. The molecule has 1 unspecified atom stereocenters. The molecule has 0 aromatic heterocycles. The summed E-state index contributed by atoms with van der Waals surface area (Å²) < 4.78 is 5.72. The maximum Gasteiger partial charge on any atom is 0.254 e. The van der Waals surface area contributed by atoms with Gasteiger partial charge in [0.2, 0.25) is 5.91 Å². The number of carbonyl (C=O) groups excluding carboxylic acids is 2. The van der Waals surface area contributed by atoms with Gasteiger partial charge in [-0.15, -0.1) is 0 Å².